The van der Waals surface area contributed by atoms with Gasteiger partial charge in [-0.1, -0.05) is 158 Å². The Hall–Kier alpha value is -8.40. The molecule has 0 radical (unpaired) electrons. The molecule has 3 aliphatic rings. The number of hydrogen-bond acceptors (Lipinski definition) is 0. The molecule has 10 aromatic carbocycles. The number of para-hydroxylation sites is 4. The van der Waals surface area contributed by atoms with E-state index in [0.717, 1.165) is 11.4 Å². The van der Waals surface area contributed by atoms with Crippen molar-refractivity contribution in [1.29, 1.82) is 0 Å². The van der Waals surface area contributed by atoms with E-state index in [-0.39, 0.29) is 11.8 Å². The van der Waals surface area contributed by atoms with Gasteiger partial charge in [-0.05, 0) is 111 Å². The minimum atomic E-state index is 0.0479. The fourth-order valence-electron chi connectivity index (χ4n) is 12.3. The molecule has 0 fully saturated rings. The molecule has 2 atom stereocenters. The van der Waals surface area contributed by atoms with E-state index in [1.54, 1.807) is 0 Å². The number of rotatable bonds is 4. The van der Waals surface area contributed by atoms with Crippen molar-refractivity contribution < 1.29 is 0 Å². The second-order valence-electron chi connectivity index (χ2n) is 17.9. The maximum absolute atomic E-state index is 2.52. The minimum Gasteiger partial charge on any atom is -0.309 e. The monoisotopic (exact) mass is 825 g/mol. The topological polar surface area (TPSA) is 14.8 Å². The van der Waals surface area contributed by atoms with E-state index in [9.17, 15) is 0 Å². The van der Waals surface area contributed by atoms with Crippen molar-refractivity contribution >= 4 is 65.4 Å². The minimum absolute atomic E-state index is 0.0479. The Labute approximate surface area is 375 Å². The molecule has 0 saturated heterocycles. The summed E-state index contributed by atoms with van der Waals surface area (Å²) in [5.74, 6) is 0.172. The lowest BCUT2D eigenvalue weighted by Gasteiger charge is -2.43. The van der Waals surface area contributed by atoms with Crippen LogP contribution in [0.2, 0.25) is 0 Å². The molecule has 16 rings (SSSR count). The van der Waals surface area contributed by atoms with Crippen molar-refractivity contribution in [2.45, 2.75) is 11.8 Å². The van der Waals surface area contributed by atoms with Gasteiger partial charge in [-0.3, -0.25) is 0 Å². The Bertz CT molecular complexity index is 4090. The molecule has 0 N–H and O–H groups in total. The van der Waals surface area contributed by atoms with Crippen LogP contribution in [0.4, 0.5) is 0 Å². The highest BCUT2D eigenvalue weighted by Crippen LogP contribution is 2.60. The molecule has 0 spiro atoms. The molecule has 13 aromatic rings. The maximum atomic E-state index is 2.52. The third kappa shape index (κ3) is 4.69. The predicted octanol–water partition coefficient (Wildman–Crippen LogP) is 15.6. The molecule has 2 unspecified atom stereocenters. The molecule has 65 heavy (non-hydrogen) atoms. The standard InChI is InChI=1S/C62H39N3/c1-2-16-38(17-3-1)39-18-14-19-40(36-39)64-53-30-12-8-26-47(53)58-55(64)34-32-49-57-45-24-4-5-25-46(45)60(61(49)58)62-50(57)33-35-56-59(62)48-27-9-13-31-54(48)65(56)42-21-15-20-41(37-42)63-51-28-10-6-22-43(51)44-23-7-11-29-52(44)63/h1-37,57,60H. The number of fused-ring (bicyclic) bond motifs is 9. The summed E-state index contributed by atoms with van der Waals surface area (Å²) in [5.41, 5.74) is 21.9. The lowest BCUT2D eigenvalue weighted by atomic mass is 9.59. The van der Waals surface area contributed by atoms with Gasteiger partial charge < -0.3 is 13.7 Å². The predicted molar refractivity (Wildman–Crippen MR) is 270 cm³/mol. The van der Waals surface area contributed by atoms with E-state index in [1.165, 1.54) is 116 Å². The van der Waals surface area contributed by atoms with Gasteiger partial charge in [-0.25, -0.2) is 0 Å². The number of nitrogens with zero attached hydrogens (tertiary/aromatic N) is 3. The Kier molecular flexibility index (Phi) is 7.06. The van der Waals surface area contributed by atoms with Crippen LogP contribution >= 0.6 is 0 Å². The van der Waals surface area contributed by atoms with E-state index in [2.05, 4.69) is 238 Å². The summed E-state index contributed by atoms with van der Waals surface area (Å²) in [7, 11) is 0. The van der Waals surface area contributed by atoms with Crippen molar-refractivity contribution in [1.82, 2.24) is 13.7 Å². The Morgan fingerprint density at radius 1 is 0.246 bits per heavy atom. The molecule has 302 valence electrons. The first-order valence-corrected chi connectivity index (χ1v) is 22.8. The first kappa shape index (κ1) is 35.1. The summed E-state index contributed by atoms with van der Waals surface area (Å²) >= 11 is 0. The fraction of sp³-hybridized carbons (Fsp3) is 0.0323. The summed E-state index contributed by atoms with van der Waals surface area (Å²) in [6.45, 7) is 0. The summed E-state index contributed by atoms with van der Waals surface area (Å²) in [4.78, 5) is 0. The average molecular weight is 826 g/mol. The summed E-state index contributed by atoms with van der Waals surface area (Å²) in [6.07, 6.45) is 0. The van der Waals surface area contributed by atoms with Crippen molar-refractivity contribution in [3.8, 4) is 28.2 Å². The molecule has 2 bridgehead atoms. The quantitative estimate of drug-likeness (QED) is 0.168. The molecule has 0 saturated carbocycles. The summed E-state index contributed by atoms with van der Waals surface area (Å²) in [5, 5.41) is 7.84. The lowest BCUT2D eigenvalue weighted by molar-refractivity contribution is 0.768. The molecule has 0 amide bonds. The largest absolute Gasteiger partial charge is 0.309 e. The average Bonchev–Trinajstić information content (AvgIpc) is 4.03. The van der Waals surface area contributed by atoms with Crippen LogP contribution in [-0.4, -0.2) is 13.7 Å². The van der Waals surface area contributed by atoms with Gasteiger partial charge in [0.1, 0.15) is 0 Å². The molecule has 3 nitrogen and oxygen atoms in total. The highest BCUT2D eigenvalue weighted by atomic mass is 15.0. The fourth-order valence-corrected chi connectivity index (χ4v) is 12.3. The van der Waals surface area contributed by atoms with Gasteiger partial charge >= 0.3 is 0 Å². The first-order chi connectivity index (χ1) is 32.3. The van der Waals surface area contributed by atoms with Gasteiger partial charge in [-0.2, -0.15) is 0 Å². The summed E-state index contributed by atoms with van der Waals surface area (Å²) in [6, 6.07) is 83.7. The van der Waals surface area contributed by atoms with E-state index >= 15 is 0 Å². The highest BCUT2D eigenvalue weighted by Gasteiger charge is 2.44. The van der Waals surface area contributed by atoms with Crippen molar-refractivity contribution in [2.24, 2.45) is 0 Å². The van der Waals surface area contributed by atoms with Crippen LogP contribution in [0.3, 0.4) is 0 Å². The van der Waals surface area contributed by atoms with Crippen LogP contribution in [0.15, 0.2) is 224 Å². The third-order valence-electron chi connectivity index (χ3n) is 14.8. The number of aromatic nitrogens is 3. The van der Waals surface area contributed by atoms with Gasteiger partial charge in [0.15, 0.2) is 0 Å². The second-order valence-corrected chi connectivity index (χ2v) is 17.9. The van der Waals surface area contributed by atoms with Crippen LogP contribution in [-0.2, 0) is 0 Å². The third-order valence-corrected chi connectivity index (χ3v) is 14.8. The summed E-state index contributed by atoms with van der Waals surface area (Å²) < 4.78 is 7.45. The highest BCUT2D eigenvalue weighted by molar-refractivity contribution is 6.16. The van der Waals surface area contributed by atoms with Crippen LogP contribution in [0.1, 0.15) is 45.2 Å². The molecule has 3 heteroatoms. The van der Waals surface area contributed by atoms with E-state index in [0.29, 0.717) is 0 Å². The van der Waals surface area contributed by atoms with Gasteiger partial charge in [0.05, 0.1) is 33.1 Å². The smallest absolute Gasteiger partial charge is 0.0544 e. The van der Waals surface area contributed by atoms with Crippen LogP contribution in [0.25, 0.3) is 93.6 Å². The van der Waals surface area contributed by atoms with Crippen LogP contribution < -0.4 is 0 Å². The first-order valence-electron chi connectivity index (χ1n) is 22.8. The zero-order valence-electron chi connectivity index (χ0n) is 35.4. The lowest BCUT2D eigenvalue weighted by Crippen LogP contribution is -2.28. The van der Waals surface area contributed by atoms with Crippen LogP contribution in [0, 0.1) is 0 Å². The number of benzene rings is 10. The van der Waals surface area contributed by atoms with Crippen molar-refractivity contribution in [3.63, 3.8) is 0 Å². The molecule has 0 aliphatic heterocycles. The van der Waals surface area contributed by atoms with Gasteiger partial charge in [-0.15, -0.1) is 0 Å². The zero-order chi connectivity index (χ0) is 42.3. The second kappa shape index (κ2) is 13.1. The molecule has 3 aliphatic carbocycles. The molecule has 3 heterocycles. The number of hydrogen-bond donors (Lipinski definition) is 0. The normalized spacial score (nSPS) is 15.1. The van der Waals surface area contributed by atoms with Crippen LogP contribution in [0.5, 0.6) is 0 Å². The SMILES string of the molecule is c1ccc(-c2cccc(-n3c4ccccc4c4c5c(ccc43)C3c4ccccc4C5c4c3ccc3c4c4ccccc4n3-c3cccc(-n4c5ccccc5c5ccccc54)c3)c2)cc1. The zero-order valence-corrected chi connectivity index (χ0v) is 35.4. The van der Waals surface area contributed by atoms with Gasteiger partial charge in [0.2, 0.25) is 0 Å². The van der Waals surface area contributed by atoms with Gasteiger partial charge in [0, 0.05) is 61.2 Å². The molecule has 3 aromatic heterocycles. The molecular formula is C62H39N3. The Morgan fingerprint density at radius 2 is 0.646 bits per heavy atom. The Morgan fingerprint density at radius 3 is 1.20 bits per heavy atom. The van der Waals surface area contributed by atoms with Crippen molar-refractivity contribution in [3.05, 3.63) is 258 Å². The van der Waals surface area contributed by atoms with E-state index in [1.807, 2.05) is 0 Å². The van der Waals surface area contributed by atoms with E-state index in [4.69, 9.17) is 0 Å². The van der Waals surface area contributed by atoms with Crippen molar-refractivity contribution in [2.75, 3.05) is 0 Å². The van der Waals surface area contributed by atoms with E-state index < -0.39 is 0 Å². The maximum Gasteiger partial charge on any atom is 0.0544 e. The Balaban J connectivity index is 0.995. The van der Waals surface area contributed by atoms with Gasteiger partial charge in [0.25, 0.3) is 0 Å². The molecular weight excluding hydrogens is 787 g/mol.